The smallest absolute Gasteiger partial charge is 0.257 e. The number of amides is 5. The molecular formula is C57H70N8O10S2. The Morgan fingerprint density at radius 2 is 1.40 bits per heavy atom. The quantitative estimate of drug-likeness (QED) is 0.0281. The number of pyridine rings is 1. The first-order valence-corrected chi connectivity index (χ1v) is 27.7. The van der Waals surface area contributed by atoms with Gasteiger partial charge in [0.1, 0.15) is 12.1 Å². The van der Waals surface area contributed by atoms with Gasteiger partial charge in [-0.15, -0.1) is 22.7 Å². The van der Waals surface area contributed by atoms with Crippen LogP contribution in [0.25, 0.3) is 20.5 Å². The molecule has 20 heteroatoms. The number of carbonyl (C=O) groups is 5. The van der Waals surface area contributed by atoms with Crippen molar-refractivity contribution >= 4 is 79.5 Å². The Morgan fingerprint density at radius 1 is 0.740 bits per heavy atom. The van der Waals surface area contributed by atoms with E-state index in [1.807, 2.05) is 118 Å². The summed E-state index contributed by atoms with van der Waals surface area (Å²) in [6, 6.07) is 23.6. The minimum Gasteiger partial charge on any atom is -0.379 e. The number of aromatic nitrogens is 2. The second kappa shape index (κ2) is 29.2. The fourth-order valence-electron chi connectivity index (χ4n) is 8.46. The van der Waals surface area contributed by atoms with E-state index in [2.05, 4.69) is 36.6 Å². The van der Waals surface area contributed by atoms with E-state index >= 15 is 0 Å². The number of fused-ring (bicyclic) bond motifs is 1. The number of benzene rings is 3. The molecule has 3 aromatic heterocycles. The molecule has 1 aliphatic heterocycles. The number of anilines is 3. The van der Waals surface area contributed by atoms with E-state index in [9.17, 15) is 24.0 Å². The van der Waals surface area contributed by atoms with Gasteiger partial charge in [0.25, 0.3) is 11.8 Å². The number of nitrogens with zero attached hydrogens (tertiary/aromatic N) is 3. The van der Waals surface area contributed by atoms with E-state index in [0.29, 0.717) is 89.2 Å². The maximum Gasteiger partial charge on any atom is 0.257 e. The van der Waals surface area contributed by atoms with E-state index in [0.717, 1.165) is 43.0 Å². The Labute approximate surface area is 458 Å². The summed E-state index contributed by atoms with van der Waals surface area (Å²) in [5.74, 6) is -1.05. The maximum atomic E-state index is 13.9. The summed E-state index contributed by atoms with van der Waals surface area (Å²) in [6.07, 6.45) is 2.79. The molecule has 0 aliphatic carbocycles. The Morgan fingerprint density at radius 3 is 2.08 bits per heavy atom. The van der Waals surface area contributed by atoms with Gasteiger partial charge in [0, 0.05) is 53.4 Å². The van der Waals surface area contributed by atoms with E-state index in [1.54, 1.807) is 22.3 Å². The number of hydrogen-bond donors (Lipinski definition) is 5. The van der Waals surface area contributed by atoms with E-state index in [1.165, 1.54) is 17.5 Å². The normalized spacial score (nSPS) is 13.8. The van der Waals surface area contributed by atoms with Crippen LogP contribution in [0.3, 0.4) is 0 Å². The number of carbonyl (C=O) groups excluding carboxylic acids is 5. The van der Waals surface area contributed by atoms with Crippen molar-refractivity contribution in [2.24, 2.45) is 5.41 Å². The predicted molar refractivity (Wildman–Crippen MR) is 300 cm³/mol. The van der Waals surface area contributed by atoms with Crippen LogP contribution in [0.4, 0.5) is 17.2 Å². The highest BCUT2D eigenvalue weighted by molar-refractivity contribution is 7.17. The number of para-hydroxylation sites is 1. The number of nitrogens with one attached hydrogen (secondary N) is 5. The predicted octanol–water partition coefficient (Wildman–Crippen LogP) is 8.07. The van der Waals surface area contributed by atoms with Crippen LogP contribution < -0.4 is 26.6 Å². The lowest BCUT2D eigenvalue weighted by Crippen LogP contribution is -2.57. The first-order chi connectivity index (χ1) is 37.3. The summed E-state index contributed by atoms with van der Waals surface area (Å²) in [7, 11) is 0. The van der Waals surface area contributed by atoms with Crippen LogP contribution in [0.15, 0.2) is 96.0 Å². The van der Waals surface area contributed by atoms with Gasteiger partial charge in [0.2, 0.25) is 17.7 Å². The number of ether oxygens (including phenoxy) is 5. The SMILES string of the molecule is Cc1ccccc1Nc1ncc(C(=O)NCCOCCOCCOCCOCCOCCC(=O)N[C@H](C(=O)N2CCC[C@H]2C(=O)NCc2ccc(-c3scnc3C)cc2)C(C)(C)C)cc1NC(=O)c1csc2ccccc12. The Balaban J connectivity index is 0.701. The molecule has 18 nitrogen and oxygen atoms in total. The Hall–Kier alpha value is -6.65. The molecule has 0 unspecified atom stereocenters. The molecule has 1 saturated heterocycles. The molecule has 410 valence electrons. The van der Waals surface area contributed by atoms with E-state index < -0.39 is 17.5 Å². The van der Waals surface area contributed by atoms with Crippen LogP contribution in [0.2, 0.25) is 0 Å². The Bertz CT molecular complexity index is 2900. The summed E-state index contributed by atoms with van der Waals surface area (Å²) >= 11 is 3.08. The molecule has 5 amide bonds. The van der Waals surface area contributed by atoms with Gasteiger partial charge in [-0.2, -0.15) is 0 Å². The van der Waals surface area contributed by atoms with Gasteiger partial charge in [-0.05, 0) is 67.0 Å². The fraction of sp³-hybridized carbons (Fsp3) is 0.421. The average molecular weight is 1090 g/mol. The molecule has 1 fully saturated rings. The summed E-state index contributed by atoms with van der Waals surface area (Å²) < 4.78 is 29.0. The fourth-order valence-corrected chi connectivity index (χ4v) is 10.2. The first-order valence-electron chi connectivity index (χ1n) is 25.9. The molecular weight excluding hydrogens is 1020 g/mol. The Kier molecular flexibility index (Phi) is 22.0. The highest BCUT2D eigenvalue weighted by atomic mass is 32.1. The minimum atomic E-state index is -0.818. The number of thiazole rings is 1. The molecule has 1 aliphatic rings. The lowest BCUT2D eigenvalue weighted by atomic mass is 9.85. The number of aryl methyl sites for hydroxylation is 2. The van der Waals surface area contributed by atoms with Crippen LogP contribution in [-0.2, 0) is 44.6 Å². The lowest BCUT2D eigenvalue weighted by molar-refractivity contribution is -0.144. The van der Waals surface area contributed by atoms with Crippen molar-refractivity contribution in [2.75, 3.05) is 89.8 Å². The summed E-state index contributed by atoms with van der Waals surface area (Å²) in [6.45, 7) is 13.9. The summed E-state index contributed by atoms with van der Waals surface area (Å²) in [5, 5.41) is 17.7. The van der Waals surface area contributed by atoms with Crippen LogP contribution in [0.1, 0.15) is 77.6 Å². The number of thiophene rings is 1. The first kappa shape index (κ1) is 58.0. The van der Waals surface area contributed by atoms with Crippen molar-refractivity contribution in [1.29, 1.82) is 0 Å². The van der Waals surface area contributed by atoms with Gasteiger partial charge in [-0.25, -0.2) is 9.97 Å². The van der Waals surface area contributed by atoms with Gasteiger partial charge >= 0.3 is 0 Å². The third-order valence-electron chi connectivity index (χ3n) is 12.7. The standard InChI is InChI=1S/C57H70N8O10S2/c1-38-11-6-8-13-45(38)62-52-46(63-54(68)44-36-76-48-15-9-7-12-43(44)48)33-42(35-59-52)53(67)58-21-24-72-26-28-74-30-32-75-31-29-73-27-25-71-23-20-49(66)64-51(57(3,4)5)56(70)65-22-10-14-47(65)55(69)60-34-40-16-18-41(19-17-40)50-39(2)61-37-77-50/h6-9,11-13,15-19,33,35-37,47,51H,10,14,20-32,34H2,1-5H3,(H,58,67)(H,59,62)(H,60,69)(H,63,68)(H,64,66)/t47-,51+/m0/s1. The zero-order valence-corrected chi connectivity index (χ0v) is 46.1. The highest BCUT2D eigenvalue weighted by Crippen LogP contribution is 2.31. The highest BCUT2D eigenvalue weighted by Gasteiger charge is 2.41. The lowest BCUT2D eigenvalue weighted by Gasteiger charge is -2.35. The number of likely N-dealkylation sites (tertiary alicyclic amines) is 1. The molecule has 0 spiro atoms. The second-order valence-electron chi connectivity index (χ2n) is 19.5. The largest absolute Gasteiger partial charge is 0.379 e. The minimum absolute atomic E-state index is 0.0655. The van der Waals surface area contributed by atoms with Crippen LogP contribution >= 0.6 is 22.7 Å². The molecule has 7 rings (SSSR count). The van der Waals surface area contributed by atoms with Crippen molar-refractivity contribution in [3.05, 3.63) is 124 Å². The topological polar surface area (TPSA) is 221 Å². The van der Waals surface area contributed by atoms with Crippen molar-refractivity contribution in [2.45, 2.75) is 72.5 Å². The van der Waals surface area contributed by atoms with Gasteiger partial charge in [-0.3, -0.25) is 24.0 Å². The molecule has 0 bridgehead atoms. The number of hydrogen-bond acceptors (Lipinski definition) is 15. The summed E-state index contributed by atoms with van der Waals surface area (Å²) in [5.41, 5.74) is 7.25. The third-order valence-corrected chi connectivity index (χ3v) is 14.6. The maximum absolute atomic E-state index is 13.9. The van der Waals surface area contributed by atoms with Crippen LogP contribution in [-0.4, -0.2) is 136 Å². The van der Waals surface area contributed by atoms with Gasteiger partial charge in [-0.1, -0.05) is 81.4 Å². The molecule has 6 aromatic rings. The number of rotatable bonds is 29. The van der Waals surface area contributed by atoms with Gasteiger partial charge < -0.3 is 55.2 Å². The van der Waals surface area contributed by atoms with E-state index in [-0.39, 0.29) is 67.9 Å². The van der Waals surface area contributed by atoms with Crippen molar-refractivity contribution in [1.82, 2.24) is 30.8 Å². The molecule has 0 saturated carbocycles. The summed E-state index contributed by atoms with van der Waals surface area (Å²) in [4.78, 5) is 78.6. The molecule has 5 N–H and O–H groups in total. The zero-order valence-electron chi connectivity index (χ0n) is 44.4. The van der Waals surface area contributed by atoms with Gasteiger partial charge in [0.05, 0.1) is 99.0 Å². The average Bonchev–Trinajstić information content (AvgIpc) is 4.23. The van der Waals surface area contributed by atoms with Gasteiger partial charge in [0.15, 0.2) is 5.82 Å². The van der Waals surface area contributed by atoms with Crippen LogP contribution in [0.5, 0.6) is 0 Å². The monoisotopic (exact) mass is 1090 g/mol. The zero-order chi connectivity index (χ0) is 54.6. The molecule has 2 atom stereocenters. The van der Waals surface area contributed by atoms with Crippen LogP contribution in [0, 0.1) is 19.3 Å². The molecule has 4 heterocycles. The van der Waals surface area contributed by atoms with E-state index in [4.69, 9.17) is 23.7 Å². The molecule has 0 radical (unpaired) electrons. The van der Waals surface area contributed by atoms with Crippen molar-refractivity contribution < 1.29 is 47.7 Å². The molecule has 77 heavy (non-hydrogen) atoms. The second-order valence-corrected chi connectivity index (χ2v) is 21.2. The van der Waals surface area contributed by atoms with Crippen molar-refractivity contribution in [3.63, 3.8) is 0 Å². The third kappa shape index (κ3) is 17.2. The van der Waals surface area contributed by atoms with Crippen molar-refractivity contribution in [3.8, 4) is 10.4 Å². The molecule has 3 aromatic carbocycles.